The zero-order valence-corrected chi connectivity index (χ0v) is 16.2. The van der Waals surface area contributed by atoms with Gasteiger partial charge in [0, 0.05) is 25.4 Å². The zero-order chi connectivity index (χ0) is 20.1. The summed E-state index contributed by atoms with van der Waals surface area (Å²) in [7, 11) is 6.21. The lowest BCUT2D eigenvalue weighted by molar-refractivity contribution is 0.0938. The summed E-state index contributed by atoms with van der Waals surface area (Å²) < 4.78 is 21.1. The topological polar surface area (TPSA) is 108 Å². The van der Waals surface area contributed by atoms with E-state index >= 15 is 0 Å². The first kappa shape index (κ1) is 19.4. The highest BCUT2D eigenvalue weighted by Crippen LogP contribution is 2.40. The van der Waals surface area contributed by atoms with Gasteiger partial charge in [0.15, 0.2) is 17.1 Å². The van der Waals surface area contributed by atoms with Crippen molar-refractivity contribution in [3.63, 3.8) is 0 Å². The van der Waals surface area contributed by atoms with Gasteiger partial charge >= 0.3 is 0 Å². The van der Waals surface area contributed by atoms with Gasteiger partial charge < -0.3 is 29.2 Å². The molecule has 0 bridgehead atoms. The summed E-state index contributed by atoms with van der Waals surface area (Å²) in [5, 5.41) is 2.78. The molecule has 9 nitrogen and oxygen atoms in total. The van der Waals surface area contributed by atoms with E-state index in [-0.39, 0.29) is 5.91 Å². The second-order valence-corrected chi connectivity index (χ2v) is 5.82. The van der Waals surface area contributed by atoms with Crippen LogP contribution in [0.1, 0.15) is 10.4 Å². The Morgan fingerprint density at radius 1 is 1.11 bits per heavy atom. The van der Waals surface area contributed by atoms with E-state index in [1.54, 1.807) is 53.0 Å². The standard InChI is InChI=1S/C19H22N4O5/c1-25-6-5-20-19(24)12-9-21-18-16(12)23-13(10-22-18)11-7-14(26-2)17(28-4)15(8-11)27-3/h7-10H,5-6H2,1-4H3,(H,20,24)(H,21,22). The van der Waals surface area contributed by atoms with E-state index in [0.717, 1.165) is 5.56 Å². The third-order valence-corrected chi connectivity index (χ3v) is 4.18. The van der Waals surface area contributed by atoms with Crippen molar-refractivity contribution < 1.29 is 23.7 Å². The molecule has 3 aromatic rings. The molecular weight excluding hydrogens is 364 g/mol. The van der Waals surface area contributed by atoms with Crippen LogP contribution in [-0.4, -0.2) is 62.4 Å². The van der Waals surface area contributed by atoms with Crippen molar-refractivity contribution in [3.8, 4) is 28.5 Å². The summed E-state index contributed by atoms with van der Waals surface area (Å²) in [6, 6.07) is 3.56. The number of aromatic nitrogens is 3. The van der Waals surface area contributed by atoms with Crippen molar-refractivity contribution in [2.45, 2.75) is 0 Å². The Balaban J connectivity index is 2.02. The van der Waals surface area contributed by atoms with E-state index in [4.69, 9.17) is 18.9 Å². The van der Waals surface area contributed by atoms with Crippen molar-refractivity contribution in [2.24, 2.45) is 0 Å². The average Bonchev–Trinajstić information content (AvgIpc) is 3.16. The fourth-order valence-corrected chi connectivity index (χ4v) is 2.79. The Labute approximate surface area is 162 Å². The lowest BCUT2D eigenvalue weighted by Gasteiger charge is -2.13. The fraction of sp³-hybridized carbons (Fsp3) is 0.316. The molecule has 2 aromatic heterocycles. The van der Waals surface area contributed by atoms with E-state index in [1.165, 1.54) is 0 Å². The number of hydrogen-bond acceptors (Lipinski definition) is 7. The highest BCUT2D eigenvalue weighted by atomic mass is 16.5. The van der Waals surface area contributed by atoms with Crippen LogP contribution in [0.2, 0.25) is 0 Å². The van der Waals surface area contributed by atoms with Crippen molar-refractivity contribution in [2.75, 3.05) is 41.6 Å². The van der Waals surface area contributed by atoms with Crippen LogP contribution in [0, 0.1) is 0 Å². The Kier molecular flexibility index (Phi) is 5.95. The van der Waals surface area contributed by atoms with E-state index < -0.39 is 0 Å². The molecule has 1 amide bonds. The lowest BCUT2D eigenvalue weighted by Crippen LogP contribution is -2.26. The van der Waals surface area contributed by atoms with Crippen molar-refractivity contribution in [3.05, 3.63) is 30.1 Å². The lowest BCUT2D eigenvalue weighted by atomic mass is 10.1. The molecule has 1 aromatic carbocycles. The summed E-state index contributed by atoms with van der Waals surface area (Å²) >= 11 is 0. The second kappa shape index (κ2) is 8.57. The molecular formula is C19H22N4O5. The molecule has 0 saturated carbocycles. The van der Waals surface area contributed by atoms with E-state index in [2.05, 4.69) is 20.3 Å². The molecule has 0 saturated heterocycles. The number of H-pyrrole nitrogens is 1. The molecule has 148 valence electrons. The molecule has 0 fully saturated rings. The predicted molar refractivity (Wildman–Crippen MR) is 103 cm³/mol. The van der Waals surface area contributed by atoms with Crippen molar-refractivity contribution in [1.29, 1.82) is 0 Å². The van der Waals surface area contributed by atoms with Crippen LogP contribution in [0.3, 0.4) is 0 Å². The number of fused-ring (bicyclic) bond motifs is 1. The zero-order valence-electron chi connectivity index (χ0n) is 16.2. The smallest absolute Gasteiger partial charge is 0.255 e. The van der Waals surface area contributed by atoms with E-state index in [1.807, 2.05) is 0 Å². The highest BCUT2D eigenvalue weighted by molar-refractivity contribution is 6.04. The first-order chi connectivity index (χ1) is 13.6. The van der Waals surface area contributed by atoms with Gasteiger partial charge in [0.25, 0.3) is 5.91 Å². The third kappa shape index (κ3) is 3.70. The van der Waals surface area contributed by atoms with Crippen LogP contribution in [0.15, 0.2) is 24.5 Å². The summed E-state index contributed by atoms with van der Waals surface area (Å²) in [5.41, 5.74) is 2.69. The summed E-state index contributed by atoms with van der Waals surface area (Å²) in [6.07, 6.45) is 3.21. The van der Waals surface area contributed by atoms with Crippen molar-refractivity contribution in [1.82, 2.24) is 20.3 Å². The van der Waals surface area contributed by atoms with E-state index in [0.29, 0.717) is 52.8 Å². The average molecular weight is 386 g/mol. The number of amides is 1. The number of nitrogens with zero attached hydrogens (tertiary/aromatic N) is 2. The molecule has 3 rings (SSSR count). The van der Waals surface area contributed by atoms with Crippen LogP contribution in [0.25, 0.3) is 22.4 Å². The summed E-state index contributed by atoms with van der Waals surface area (Å²) in [4.78, 5) is 24.4. The van der Waals surface area contributed by atoms with Gasteiger partial charge in [-0.05, 0) is 12.1 Å². The maximum Gasteiger partial charge on any atom is 0.255 e. The maximum atomic E-state index is 12.4. The predicted octanol–water partition coefficient (Wildman–Crippen LogP) is 2.03. The van der Waals surface area contributed by atoms with Gasteiger partial charge in [-0.25, -0.2) is 9.97 Å². The quantitative estimate of drug-likeness (QED) is 0.570. The van der Waals surface area contributed by atoms with Gasteiger partial charge in [0.1, 0.15) is 5.52 Å². The molecule has 0 aliphatic heterocycles. The highest BCUT2D eigenvalue weighted by Gasteiger charge is 2.18. The minimum Gasteiger partial charge on any atom is -0.493 e. The molecule has 0 unspecified atom stereocenters. The summed E-state index contributed by atoms with van der Waals surface area (Å²) in [5.74, 6) is 1.25. The van der Waals surface area contributed by atoms with Gasteiger partial charge in [-0.2, -0.15) is 0 Å². The van der Waals surface area contributed by atoms with Crippen LogP contribution >= 0.6 is 0 Å². The van der Waals surface area contributed by atoms with Crippen LogP contribution < -0.4 is 19.5 Å². The Hall–Kier alpha value is -3.33. The first-order valence-electron chi connectivity index (χ1n) is 8.54. The minimum absolute atomic E-state index is 0.250. The van der Waals surface area contributed by atoms with Crippen LogP contribution in [0.4, 0.5) is 0 Å². The fourth-order valence-electron chi connectivity index (χ4n) is 2.79. The first-order valence-corrected chi connectivity index (χ1v) is 8.54. The largest absolute Gasteiger partial charge is 0.493 e. The molecule has 0 radical (unpaired) electrons. The monoisotopic (exact) mass is 386 g/mol. The Morgan fingerprint density at radius 2 is 1.82 bits per heavy atom. The number of carbonyl (C=O) groups excluding carboxylic acids is 1. The van der Waals surface area contributed by atoms with Gasteiger partial charge in [-0.15, -0.1) is 0 Å². The van der Waals surface area contributed by atoms with Gasteiger partial charge in [-0.1, -0.05) is 0 Å². The number of aromatic amines is 1. The van der Waals surface area contributed by atoms with Gasteiger partial charge in [-0.3, -0.25) is 4.79 Å². The number of ether oxygens (including phenoxy) is 4. The molecule has 2 N–H and O–H groups in total. The minimum atomic E-state index is -0.250. The number of rotatable bonds is 8. The molecule has 2 heterocycles. The number of methoxy groups -OCH3 is 4. The summed E-state index contributed by atoms with van der Waals surface area (Å²) in [6.45, 7) is 0.832. The SMILES string of the molecule is COCCNC(=O)c1c[nH]c2ncc(-c3cc(OC)c(OC)c(OC)c3)nc12. The maximum absolute atomic E-state index is 12.4. The number of benzene rings is 1. The van der Waals surface area contributed by atoms with Gasteiger partial charge in [0.05, 0.1) is 45.4 Å². The molecule has 0 aliphatic carbocycles. The Bertz CT molecular complexity index is 961. The second-order valence-electron chi connectivity index (χ2n) is 5.82. The molecule has 0 aliphatic rings. The molecule has 0 spiro atoms. The molecule has 9 heteroatoms. The Morgan fingerprint density at radius 3 is 2.43 bits per heavy atom. The third-order valence-electron chi connectivity index (χ3n) is 4.18. The van der Waals surface area contributed by atoms with Crippen LogP contribution in [0.5, 0.6) is 17.2 Å². The number of nitrogens with one attached hydrogen (secondary N) is 2. The van der Waals surface area contributed by atoms with Crippen molar-refractivity contribution >= 4 is 17.1 Å². The van der Waals surface area contributed by atoms with Crippen LogP contribution in [-0.2, 0) is 4.74 Å². The molecule has 0 atom stereocenters. The number of carbonyl (C=O) groups is 1. The van der Waals surface area contributed by atoms with Gasteiger partial charge in [0.2, 0.25) is 5.75 Å². The molecule has 28 heavy (non-hydrogen) atoms. The van der Waals surface area contributed by atoms with E-state index in [9.17, 15) is 4.79 Å². The number of hydrogen-bond donors (Lipinski definition) is 2. The normalized spacial score (nSPS) is 10.7.